The molecule has 2 aromatic carbocycles. The molecule has 0 aliphatic heterocycles. The van der Waals surface area contributed by atoms with E-state index in [-0.39, 0.29) is 17.2 Å². The largest absolute Gasteiger partial charge is 0.508 e. The molecule has 0 bridgehead atoms. The summed E-state index contributed by atoms with van der Waals surface area (Å²) in [7, 11) is 0. The van der Waals surface area contributed by atoms with Crippen molar-refractivity contribution in [3.8, 4) is 17.2 Å². The van der Waals surface area contributed by atoms with Gasteiger partial charge in [0.05, 0.1) is 11.0 Å². The lowest BCUT2D eigenvalue weighted by Crippen LogP contribution is -1.93. The zero-order chi connectivity index (χ0) is 15.0. The molecule has 1 N–H and O–H groups in total. The summed E-state index contributed by atoms with van der Waals surface area (Å²) in [6.07, 6.45) is 0. The molecule has 0 amide bonds. The van der Waals surface area contributed by atoms with Crippen molar-refractivity contribution in [1.29, 1.82) is 0 Å². The van der Waals surface area contributed by atoms with Crippen LogP contribution in [0.4, 0.5) is 5.69 Å². The van der Waals surface area contributed by atoms with Crippen molar-refractivity contribution in [3.63, 3.8) is 0 Å². The Hall–Kier alpha value is -3.09. The fraction of sp³-hybridized carbons (Fsp3) is 0.0714. The molecule has 106 valence electrons. The molecule has 1 heterocycles. The topological polar surface area (TPSA) is 98.6 Å². The molecule has 0 aliphatic rings. The third-order valence-electron chi connectivity index (χ3n) is 2.84. The molecule has 0 atom stereocenters. The maximum absolute atomic E-state index is 11.1. The van der Waals surface area contributed by atoms with E-state index in [0.29, 0.717) is 22.7 Å². The number of hydrogen-bond donors (Lipinski definition) is 1. The van der Waals surface area contributed by atoms with Gasteiger partial charge in [-0.3, -0.25) is 10.1 Å². The Morgan fingerprint density at radius 1 is 1.29 bits per heavy atom. The third kappa shape index (κ3) is 2.48. The van der Waals surface area contributed by atoms with Gasteiger partial charge in [0.1, 0.15) is 17.0 Å². The molecule has 3 aromatic rings. The number of rotatable bonds is 3. The average molecular weight is 286 g/mol. The van der Waals surface area contributed by atoms with Gasteiger partial charge in [-0.15, -0.1) is 0 Å². The maximum Gasteiger partial charge on any atom is 0.315 e. The highest BCUT2D eigenvalue weighted by atomic mass is 16.6. The minimum absolute atomic E-state index is 0.0616. The number of hydrogen-bond acceptors (Lipinski definition) is 6. The van der Waals surface area contributed by atoms with E-state index in [2.05, 4.69) is 4.98 Å². The number of aryl methyl sites for hydroxylation is 1. The Kier molecular flexibility index (Phi) is 2.94. The van der Waals surface area contributed by atoms with E-state index in [1.54, 1.807) is 6.92 Å². The van der Waals surface area contributed by atoms with Crippen LogP contribution in [0.2, 0.25) is 0 Å². The summed E-state index contributed by atoms with van der Waals surface area (Å²) in [6.45, 7) is 1.66. The number of ether oxygens (including phenoxy) is 1. The van der Waals surface area contributed by atoms with Gasteiger partial charge < -0.3 is 14.3 Å². The minimum atomic E-state index is -0.549. The Labute approximate surface area is 118 Å². The summed E-state index contributed by atoms with van der Waals surface area (Å²) in [6, 6.07) is 8.62. The van der Waals surface area contributed by atoms with Gasteiger partial charge >= 0.3 is 5.69 Å². The van der Waals surface area contributed by atoms with Crippen molar-refractivity contribution in [1.82, 2.24) is 4.98 Å². The average Bonchev–Trinajstić information content (AvgIpc) is 2.79. The molecule has 7 nitrogen and oxygen atoms in total. The normalized spacial score (nSPS) is 10.7. The van der Waals surface area contributed by atoms with Crippen LogP contribution in [-0.4, -0.2) is 15.0 Å². The first-order chi connectivity index (χ1) is 10.0. The summed E-state index contributed by atoms with van der Waals surface area (Å²) in [5, 5.41) is 20.4. The van der Waals surface area contributed by atoms with Crippen LogP contribution < -0.4 is 4.74 Å². The Bertz CT molecular complexity index is 823. The van der Waals surface area contributed by atoms with Crippen molar-refractivity contribution in [3.05, 3.63) is 52.4 Å². The molecule has 0 radical (unpaired) electrons. The van der Waals surface area contributed by atoms with Gasteiger partial charge in [-0.05, 0) is 24.3 Å². The zero-order valence-electron chi connectivity index (χ0n) is 10.9. The summed E-state index contributed by atoms with van der Waals surface area (Å²) in [5.74, 6) is 0.933. The number of fused-ring (bicyclic) bond motifs is 1. The molecular formula is C14H10N2O5. The van der Waals surface area contributed by atoms with Gasteiger partial charge in [-0.1, -0.05) is 0 Å². The first-order valence-corrected chi connectivity index (χ1v) is 6.05. The van der Waals surface area contributed by atoms with E-state index in [9.17, 15) is 15.2 Å². The first kappa shape index (κ1) is 12.9. The monoisotopic (exact) mass is 286 g/mol. The van der Waals surface area contributed by atoms with Crippen LogP contribution in [0.25, 0.3) is 11.1 Å². The number of nitrogens with zero attached hydrogens (tertiary/aromatic N) is 2. The second-order valence-corrected chi connectivity index (χ2v) is 4.37. The molecule has 1 aromatic heterocycles. The number of oxazole rings is 1. The lowest BCUT2D eigenvalue weighted by atomic mass is 10.2. The van der Waals surface area contributed by atoms with Crippen molar-refractivity contribution in [2.24, 2.45) is 0 Å². The Morgan fingerprint density at radius 2 is 2.00 bits per heavy atom. The zero-order valence-corrected chi connectivity index (χ0v) is 10.9. The highest BCUT2D eigenvalue weighted by Gasteiger charge is 2.20. The van der Waals surface area contributed by atoms with Gasteiger partial charge in [0, 0.05) is 13.0 Å². The van der Waals surface area contributed by atoms with E-state index in [0.717, 1.165) is 0 Å². The van der Waals surface area contributed by atoms with Crippen LogP contribution in [0.1, 0.15) is 5.89 Å². The third-order valence-corrected chi connectivity index (χ3v) is 2.84. The summed E-state index contributed by atoms with van der Waals surface area (Å²) in [4.78, 5) is 14.7. The fourth-order valence-electron chi connectivity index (χ4n) is 1.92. The van der Waals surface area contributed by atoms with Crippen molar-refractivity contribution in [2.75, 3.05) is 0 Å². The second-order valence-electron chi connectivity index (χ2n) is 4.37. The Balaban J connectivity index is 2.08. The summed E-state index contributed by atoms with van der Waals surface area (Å²) >= 11 is 0. The van der Waals surface area contributed by atoms with Crippen LogP contribution in [0.3, 0.4) is 0 Å². The molecule has 0 fully saturated rings. The van der Waals surface area contributed by atoms with Crippen LogP contribution in [0.5, 0.6) is 17.2 Å². The lowest BCUT2D eigenvalue weighted by Gasteiger charge is -2.06. The van der Waals surface area contributed by atoms with E-state index in [1.165, 1.54) is 36.4 Å². The predicted octanol–water partition coefficient (Wildman–Crippen LogP) is 3.54. The molecule has 3 rings (SSSR count). The summed E-state index contributed by atoms with van der Waals surface area (Å²) in [5.41, 5.74) is 0.593. The van der Waals surface area contributed by atoms with Crippen molar-refractivity contribution in [2.45, 2.75) is 6.92 Å². The number of aromatic hydroxyl groups is 1. The number of nitro benzene ring substituents is 1. The van der Waals surface area contributed by atoms with E-state index in [1.807, 2.05) is 0 Å². The molecule has 0 spiro atoms. The molecule has 21 heavy (non-hydrogen) atoms. The molecule has 0 saturated heterocycles. The summed E-state index contributed by atoms with van der Waals surface area (Å²) < 4.78 is 10.8. The fourth-order valence-corrected chi connectivity index (χ4v) is 1.92. The minimum Gasteiger partial charge on any atom is -0.508 e. The number of phenolic OH excluding ortho intramolecular Hbond substituents is 1. The van der Waals surface area contributed by atoms with E-state index < -0.39 is 4.92 Å². The maximum atomic E-state index is 11.1. The smallest absolute Gasteiger partial charge is 0.315 e. The SMILES string of the molecule is Cc1nc2cc(Oc3ccc(O)cc3)c([N+](=O)[O-])cc2o1. The van der Waals surface area contributed by atoms with Gasteiger partial charge in [-0.2, -0.15) is 0 Å². The molecule has 0 unspecified atom stereocenters. The molecule has 0 saturated carbocycles. The number of benzene rings is 2. The lowest BCUT2D eigenvalue weighted by molar-refractivity contribution is -0.385. The standard InChI is InChI=1S/C14H10N2O5/c1-8-15-11-6-14(12(16(18)19)7-13(11)20-8)21-10-4-2-9(17)3-5-10/h2-7,17H,1H3. The quantitative estimate of drug-likeness (QED) is 0.584. The van der Waals surface area contributed by atoms with Gasteiger partial charge in [0.15, 0.2) is 11.5 Å². The second kappa shape index (κ2) is 4.78. The number of nitro groups is 1. The Morgan fingerprint density at radius 3 is 2.67 bits per heavy atom. The molecular weight excluding hydrogens is 276 g/mol. The van der Waals surface area contributed by atoms with E-state index in [4.69, 9.17) is 9.15 Å². The number of phenols is 1. The highest BCUT2D eigenvalue weighted by molar-refractivity contribution is 5.79. The van der Waals surface area contributed by atoms with Gasteiger partial charge in [-0.25, -0.2) is 4.98 Å². The number of aromatic nitrogens is 1. The van der Waals surface area contributed by atoms with E-state index >= 15 is 0 Å². The van der Waals surface area contributed by atoms with Crippen LogP contribution in [-0.2, 0) is 0 Å². The van der Waals surface area contributed by atoms with Crippen LogP contribution in [0, 0.1) is 17.0 Å². The molecule has 0 aliphatic carbocycles. The first-order valence-electron chi connectivity index (χ1n) is 6.05. The van der Waals surface area contributed by atoms with Crippen LogP contribution >= 0.6 is 0 Å². The van der Waals surface area contributed by atoms with Crippen LogP contribution in [0.15, 0.2) is 40.8 Å². The van der Waals surface area contributed by atoms with Crippen molar-refractivity contribution < 1.29 is 19.2 Å². The van der Waals surface area contributed by atoms with Crippen molar-refractivity contribution >= 4 is 16.8 Å². The van der Waals surface area contributed by atoms with Gasteiger partial charge in [0.25, 0.3) is 0 Å². The molecule has 7 heteroatoms. The van der Waals surface area contributed by atoms with Gasteiger partial charge in [0.2, 0.25) is 5.75 Å². The highest BCUT2D eigenvalue weighted by Crippen LogP contribution is 2.35. The predicted molar refractivity (Wildman–Crippen MR) is 73.6 cm³/mol.